The molecule has 2 aromatic carbocycles. The maximum absolute atomic E-state index is 12.6. The fraction of sp³-hybridized carbons (Fsp3) is 0.273. The Labute approximate surface area is 200 Å². The van der Waals surface area contributed by atoms with E-state index < -0.39 is 11.8 Å². The van der Waals surface area contributed by atoms with E-state index in [1.807, 2.05) is 6.92 Å². The smallest absolute Gasteiger partial charge is 0.269 e. The van der Waals surface area contributed by atoms with Gasteiger partial charge in [0.05, 0.1) is 12.2 Å². The van der Waals surface area contributed by atoms with Gasteiger partial charge in [-0.1, -0.05) is 36.7 Å². The maximum atomic E-state index is 12.6. The summed E-state index contributed by atoms with van der Waals surface area (Å²) < 4.78 is 6.32. The number of nitrogens with one attached hydrogen (secondary N) is 4. The molecule has 0 fully saturated rings. The standard InChI is InChI=1S/C22H25BrN4O4S/c1-4-11-31-18-10-7-15(23)12-17(18)21(30)25-22(32)27-26-20(29)14-5-8-16(9-6-14)24-19(28)13(2)3/h5-10,12-13H,4,11H2,1-3H3,(H,24,28)(H,26,29)(H2,25,27,30,32). The van der Waals surface area contributed by atoms with Crippen LogP contribution in [0, 0.1) is 5.92 Å². The molecule has 0 bridgehead atoms. The van der Waals surface area contributed by atoms with Crippen LogP contribution >= 0.6 is 28.1 Å². The van der Waals surface area contributed by atoms with Gasteiger partial charge in [0.15, 0.2) is 5.11 Å². The van der Waals surface area contributed by atoms with E-state index in [-0.39, 0.29) is 16.9 Å². The molecular formula is C22H25BrN4O4S. The summed E-state index contributed by atoms with van der Waals surface area (Å²) in [6.45, 7) is 6.02. The number of benzene rings is 2. The zero-order valence-corrected chi connectivity index (χ0v) is 20.4. The van der Waals surface area contributed by atoms with E-state index >= 15 is 0 Å². The predicted molar refractivity (Wildman–Crippen MR) is 131 cm³/mol. The lowest BCUT2D eigenvalue weighted by Crippen LogP contribution is -2.48. The molecule has 10 heteroatoms. The zero-order valence-electron chi connectivity index (χ0n) is 18.0. The number of hydrogen-bond acceptors (Lipinski definition) is 5. The lowest BCUT2D eigenvalue weighted by molar-refractivity contribution is -0.118. The number of anilines is 1. The van der Waals surface area contributed by atoms with Gasteiger partial charge in [0.25, 0.3) is 11.8 Å². The van der Waals surface area contributed by atoms with Crippen molar-refractivity contribution in [2.45, 2.75) is 27.2 Å². The lowest BCUT2D eigenvalue weighted by Gasteiger charge is -2.14. The molecule has 3 amide bonds. The fourth-order valence-corrected chi connectivity index (χ4v) is 2.90. The normalized spacial score (nSPS) is 10.3. The summed E-state index contributed by atoms with van der Waals surface area (Å²) in [5.74, 6) is -0.764. The Morgan fingerprint density at radius 3 is 2.34 bits per heavy atom. The molecule has 4 N–H and O–H groups in total. The van der Waals surface area contributed by atoms with Crippen LogP contribution in [0.4, 0.5) is 5.69 Å². The first-order valence-corrected chi connectivity index (χ1v) is 11.2. The van der Waals surface area contributed by atoms with E-state index in [9.17, 15) is 14.4 Å². The Kier molecular flexibility index (Phi) is 9.61. The van der Waals surface area contributed by atoms with Crippen molar-refractivity contribution in [1.82, 2.24) is 16.2 Å². The van der Waals surface area contributed by atoms with Gasteiger partial charge in [-0.2, -0.15) is 0 Å². The summed E-state index contributed by atoms with van der Waals surface area (Å²) >= 11 is 8.43. The van der Waals surface area contributed by atoms with Crippen LogP contribution in [0.2, 0.25) is 0 Å². The summed E-state index contributed by atoms with van der Waals surface area (Å²) in [5, 5.41) is 5.18. The number of carbonyl (C=O) groups excluding carboxylic acids is 3. The van der Waals surface area contributed by atoms with Gasteiger partial charge in [-0.3, -0.25) is 30.6 Å². The molecule has 2 rings (SSSR count). The fourth-order valence-electron chi connectivity index (χ4n) is 2.40. The molecule has 0 atom stereocenters. The van der Waals surface area contributed by atoms with Crippen molar-refractivity contribution in [3.05, 3.63) is 58.1 Å². The SMILES string of the molecule is CCCOc1ccc(Br)cc1C(=O)NC(=S)NNC(=O)c1ccc(NC(=O)C(C)C)cc1. The number of hydrazine groups is 1. The third kappa shape index (κ3) is 7.61. The van der Waals surface area contributed by atoms with E-state index in [4.69, 9.17) is 17.0 Å². The monoisotopic (exact) mass is 520 g/mol. The van der Waals surface area contributed by atoms with Crippen molar-refractivity contribution >= 4 is 56.7 Å². The van der Waals surface area contributed by atoms with E-state index in [0.717, 1.165) is 6.42 Å². The molecule has 32 heavy (non-hydrogen) atoms. The average molecular weight is 521 g/mol. The highest BCUT2D eigenvalue weighted by Crippen LogP contribution is 2.23. The van der Waals surface area contributed by atoms with Gasteiger partial charge >= 0.3 is 0 Å². The number of ether oxygens (including phenoxy) is 1. The van der Waals surface area contributed by atoms with Crippen LogP contribution in [-0.4, -0.2) is 29.4 Å². The van der Waals surface area contributed by atoms with Gasteiger partial charge in [-0.15, -0.1) is 0 Å². The molecule has 0 aliphatic heterocycles. The van der Waals surface area contributed by atoms with Crippen molar-refractivity contribution in [2.24, 2.45) is 5.92 Å². The Morgan fingerprint density at radius 1 is 1.03 bits per heavy atom. The highest BCUT2D eigenvalue weighted by atomic mass is 79.9. The van der Waals surface area contributed by atoms with E-state index in [0.29, 0.717) is 33.6 Å². The Morgan fingerprint density at radius 2 is 1.72 bits per heavy atom. The molecule has 0 aliphatic rings. The molecule has 0 saturated carbocycles. The number of thiocarbonyl (C=S) groups is 1. The Balaban J connectivity index is 1.91. The number of rotatable bonds is 7. The highest BCUT2D eigenvalue weighted by molar-refractivity contribution is 9.10. The summed E-state index contributed by atoms with van der Waals surface area (Å²) in [5.41, 5.74) is 6.16. The van der Waals surface area contributed by atoms with Crippen LogP contribution < -0.4 is 26.2 Å². The van der Waals surface area contributed by atoms with Gasteiger partial charge in [0.1, 0.15) is 5.75 Å². The highest BCUT2D eigenvalue weighted by Gasteiger charge is 2.15. The number of amides is 3. The van der Waals surface area contributed by atoms with Crippen molar-refractivity contribution in [3.8, 4) is 5.75 Å². The second-order valence-electron chi connectivity index (χ2n) is 7.07. The molecule has 0 aromatic heterocycles. The minimum atomic E-state index is -0.477. The van der Waals surface area contributed by atoms with Gasteiger partial charge in [0, 0.05) is 21.6 Å². The second-order valence-corrected chi connectivity index (χ2v) is 8.40. The lowest BCUT2D eigenvalue weighted by atomic mass is 10.1. The molecule has 2 aromatic rings. The third-order valence-electron chi connectivity index (χ3n) is 4.10. The van der Waals surface area contributed by atoms with Crippen molar-refractivity contribution < 1.29 is 19.1 Å². The molecule has 8 nitrogen and oxygen atoms in total. The van der Waals surface area contributed by atoms with Crippen molar-refractivity contribution in [3.63, 3.8) is 0 Å². The van der Waals surface area contributed by atoms with Crippen molar-refractivity contribution in [1.29, 1.82) is 0 Å². The minimum absolute atomic E-state index is 0.0782. The second kappa shape index (κ2) is 12.2. The van der Waals surface area contributed by atoms with Crippen LogP contribution in [0.5, 0.6) is 5.75 Å². The minimum Gasteiger partial charge on any atom is -0.493 e. The molecule has 0 saturated heterocycles. The summed E-state index contributed by atoms with van der Waals surface area (Å²) in [4.78, 5) is 36.6. The molecule has 0 radical (unpaired) electrons. The Bertz CT molecular complexity index is 996. The quantitative estimate of drug-likeness (QED) is 0.326. The van der Waals surface area contributed by atoms with Crippen LogP contribution in [0.1, 0.15) is 47.9 Å². The molecular weight excluding hydrogens is 496 g/mol. The van der Waals surface area contributed by atoms with E-state index in [2.05, 4.69) is 37.4 Å². The maximum Gasteiger partial charge on any atom is 0.269 e. The number of hydrogen-bond donors (Lipinski definition) is 4. The van der Waals surface area contributed by atoms with E-state index in [1.54, 1.807) is 56.3 Å². The average Bonchev–Trinajstić information content (AvgIpc) is 2.76. The van der Waals surface area contributed by atoms with Crippen LogP contribution in [0.25, 0.3) is 0 Å². The largest absolute Gasteiger partial charge is 0.493 e. The number of halogens is 1. The van der Waals surface area contributed by atoms with Gasteiger partial charge in [-0.25, -0.2) is 0 Å². The molecule has 170 valence electrons. The molecule has 0 aliphatic carbocycles. The first kappa shape index (κ1) is 25.3. The molecule has 0 heterocycles. The van der Waals surface area contributed by atoms with Gasteiger partial charge < -0.3 is 10.1 Å². The van der Waals surface area contributed by atoms with Crippen molar-refractivity contribution in [2.75, 3.05) is 11.9 Å². The number of carbonyl (C=O) groups is 3. The van der Waals surface area contributed by atoms with Crippen LogP contribution in [0.15, 0.2) is 46.9 Å². The van der Waals surface area contributed by atoms with Gasteiger partial charge in [0.2, 0.25) is 5.91 Å². The van der Waals surface area contributed by atoms with Gasteiger partial charge in [-0.05, 0) is 61.1 Å². The third-order valence-corrected chi connectivity index (χ3v) is 4.80. The summed E-state index contributed by atoms with van der Waals surface area (Å²) in [7, 11) is 0. The predicted octanol–water partition coefficient (Wildman–Crippen LogP) is 3.78. The first-order chi connectivity index (χ1) is 15.2. The van der Waals surface area contributed by atoms with Crippen LogP contribution in [-0.2, 0) is 4.79 Å². The molecule has 0 spiro atoms. The topological polar surface area (TPSA) is 109 Å². The zero-order chi connectivity index (χ0) is 23.7. The van der Waals surface area contributed by atoms with Crippen LogP contribution in [0.3, 0.4) is 0 Å². The summed E-state index contributed by atoms with van der Waals surface area (Å²) in [6, 6.07) is 11.5. The van der Waals surface area contributed by atoms with E-state index in [1.165, 1.54) is 0 Å². The summed E-state index contributed by atoms with van der Waals surface area (Å²) in [6.07, 6.45) is 0.800. The first-order valence-electron chi connectivity index (χ1n) is 9.96. The molecule has 0 unspecified atom stereocenters. The Hall–Kier alpha value is -2.98.